The summed E-state index contributed by atoms with van der Waals surface area (Å²) in [6.45, 7) is 14.0. The Morgan fingerprint density at radius 1 is 0.422 bits per heavy atom. The van der Waals surface area contributed by atoms with Crippen molar-refractivity contribution < 1.29 is 66.7 Å². The number of ether oxygens (including phenoxy) is 8. The molecular formula is C80H96N6O14S2. The zero-order valence-electron chi connectivity index (χ0n) is 58.9. The third kappa shape index (κ3) is 24.2. The Balaban J connectivity index is 0.926. The van der Waals surface area contributed by atoms with Gasteiger partial charge in [0.05, 0.1) is 94.1 Å². The third-order valence-electron chi connectivity index (χ3n) is 18.0. The summed E-state index contributed by atoms with van der Waals surface area (Å²) in [5.74, 6) is -2.08. The van der Waals surface area contributed by atoms with E-state index in [1.807, 2.05) is 58.5 Å². The molecule has 0 saturated heterocycles. The normalized spacial score (nSPS) is 15.9. The van der Waals surface area contributed by atoms with Crippen molar-refractivity contribution >= 4 is 102 Å². The van der Waals surface area contributed by atoms with Crippen LogP contribution in [0, 0.1) is 23.7 Å². The molecule has 0 N–H and O–H groups in total. The number of para-hydroxylation sites is 2. The predicted molar refractivity (Wildman–Crippen MR) is 400 cm³/mol. The van der Waals surface area contributed by atoms with Crippen LogP contribution in [0.15, 0.2) is 145 Å². The number of hydrazone groups is 2. The quantitative estimate of drug-likeness (QED) is 0.00864. The fraction of sp³-hybridized carbons (Fsp3) is 0.450. The number of aromatic nitrogens is 2. The van der Waals surface area contributed by atoms with Crippen molar-refractivity contribution in [3.05, 3.63) is 146 Å². The smallest absolute Gasteiger partial charge is 0.330 e. The molecule has 2 saturated carbocycles. The van der Waals surface area contributed by atoms with Crippen LogP contribution >= 0.6 is 22.7 Å². The average molecular weight is 1430 g/mol. The van der Waals surface area contributed by atoms with Crippen molar-refractivity contribution in [1.82, 2.24) is 9.97 Å². The topological polar surface area (TPSA) is 233 Å². The van der Waals surface area contributed by atoms with Crippen LogP contribution in [-0.2, 0) is 38.2 Å². The Labute approximate surface area is 606 Å². The molecule has 2 aliphatic carbocycles. The van der Waals surface area contributed by atoms with Gasteiger partial charge in [0.15, 0.2) is 0 Å². The molecule has 0 bridgehead atoms. The molecule has 0 radical (unpaired) electrons. The molecule has 0 amide bonds. The van der Waals surface area contributed by atoms with E-state index >= 15 is 0 Å². The third-order valence-corrected chi connectivity index (χ3v) is 20.1. The summed E-state index contributed by atoms with van der Waals surface area (Å²) in [6, 6.07) is 33.1. The first-order valence-corrected chi connectivity index (χ1v) is 37.9. The molecule has 2 fully saturated rings. The number of rotatable bonds is 42. The number of carbonyl (C=O) groups is 6. The number of hydrogen-bond donors (Lipinski definition) is 0. The van der Waals surface area contributed by atoms with Gasteiger partial charge in [-0.3, -0.25) is 19.2 Å². The Hall–Kier alpha value is -9.28. The maximum Gasteiger partial charge on any atom is 0.330 e. The molecule has 9 rings (SSSR count). The zero-order chi connectivity index (χ0) is 71.7. The van der Waals surface area contributed by atoms with E-state index in [0.717, 1.165) is 135 Å². The molecule has 5 aromatic carbocycles. The van der Waals surface area contributed by atoms with Crippen molar-refractivity contribution in [2.24, 2.45) is 33.9 Å². The molecule has 2 heterocycles. The number of esters is 6. The van der Waals surface area contributed by atoms with Crippen LogP contribution in [0.3, 0.4) is 0 Å². The van der Waals surface area contributed by atoms with Gasteiger partial charge in [0, 0.05) is 25.2 Å². The highest BCUT2D eigenvalue weighted by Gasteiger charge is 2.35. The first kappa shape index (κ1) is 76.9. The van der Waals surface area contributed by atoms with E-state index < -0.39 is 47.5 Å². The SMILES string of the molecule is C=CC(=O)OCCCCCCOc1ccc(OC(=O)C2CCC(C(=O)Oc3ccc(OC(=O)C4CCC(C(=O)Oc5ccc(OCCCCCCOC(=O)C=C)cc5)CC4)c(/C=N/N(CCCCCC)c4nc5ccccc5s4)c3/C=N/N(CCCCCC)c3nc4ccccc4s3)CC2)cc1. The van der Waals surface area contributed by atoms with Crippen LogP contribution in [0.25, 0.3) is 20.4 Å². The number of benzene rings is 5. The van der Waals surface area contributed by atoms with Gasteiger partial charge in [-0.1, -0.05) is 112 Å². The van der Waals surface area contributed by atoms with Gasteiger partial charge in [-0.2, -0.15) is 10.2 Å². The fourth-order valence-electron chi connectivity index (χ4n) is 12.1. The van der Waals surface area contributed by atoms with Gasteiger partial charge in [0.2, 0.25) is 10.3 Å². The van der Waals surface area contributed by atoms with Crippen molar-refractivity contribution in [3.63, 3.8) is 0 Å². The Bertz CT molecular complexity index is 3590. The molecule has 2 aliphatic rings. The van der Waals surface area contributed by atoms with Crippen LogP contribution < -0.4 is 38.4 Å². The predicted octanol–water partition coefficient (Wildman–Crippen LogP) is 17.7. The second kappa shape index (κ2) is 41.6. The van der Waals surface area contributed by atoms with E-state index in [1.165, 1.54) is 22.7 Å². The summed E-state index contributed by atoms with van der Waals surface area (Å²) in [5, 5.41) is 15.5. The maximum atomic E-state index is 14.7. The number of thiazole rings is 2. The standard InChI is InChI=1S/C80H96N6O14S2/c1-5-9-11-21-49-85(79-83-67-27-17-19-29-71(67)101-79)81-55-65-66(56-82-86(50-22-12-10-6-2)80-84-68-28-18-20-30-72(68)102-80)70(100-78(92)60-37-33-58(34-38-60)76(90)98-64-45-41-62(42-46-64)94-52-24-14-16-26-54-96-74(88)8-4)48-47-69(65)99-77(91)59-35-31-57(32-36-59)75(89)97-63-43-39-61(40-44-63)93-51-23-13-15-25-53-95-73(87)7-3/h7-8,17-20,27-30,39-48,55-60H,3-6,9-16,21-26,31-38,49-54H2,1-2H3/b81-55+,82-56+. The largest absolute Gasteiger partial charge is 0.494 e. The first-order chi connectivity index (χ1) is 49.9. The van der Waals surface area contributed by atoms with Gasteiger partial charge in [0.1, 0.15) is 34.5 Å². The van der Waals surface area contributed by atoms with E-state index in [1.54, 1.807) is 73.1 Å². The van der Waals surface area contributed by atoms with Crippen LogP contribution in [0.1, 0.15) is 179 Å². The summed E-state index contributed by atoms with van der Waals surface area (Å²) in [5.41, 5.74) is 2.36. The van der Waals surface area contributed by atoms with Crippen molar-refractivity contribution in [2.45, 2.75) is 168 Å². The summed E-state index contributed by atoms with van der Waals surface area (Å²) in [4.78, 5) is 89.3. The van der Waals surface area contributed by atoms with Gasteiger partial charge in [0.25, 0.3) is 0 Å². The van der Waals surface area contributed by atoms with E-state index in [4.69, 9.17) is 58.1 Å². The van der Waals surface area contributed by atoms with E-state index in [9.17, 15) is 28.8 Å². The lowest BCUT2D eigenvalue weighted by Crippen LogP contribution is -2.31. The monoisotopic (exact) mass is 1430 g/mol. The molecule has 20 nitrogen and oxygen atoms in total. The minimum Gasteiger partial charge on any atom is -0.494 e. The Morgan fingerprint density at radius 3 is 1.11 bits per heavy atom. The molecule has 22 heteroatoms. The van der Waals surface area contributed by atoms with Crippen LogP contribution in [0.5, 0.6) is 34.5 Å². The summed E-state index contributed by atoms with van der Waals surface area (Å²) < 4.78 is 48.7. The average Bonchev–Trinajstić information content (AvgIpc) is 1.11. The van der Waals surface area contributed by atoms with Gasteiger partial charge in [-0.15, -0.1) is 0 Å². The lowest BCUT2D eigenvalue weighted by molar-refractivity contribution is -0.145. The molecule has 7 aromatic rings. The Kier molecular flexibility index (Phi) is 31.4. The molecule has 0 unspecified atom stereocenters. The molecule has 102 heavy (non-hydrogen) atoms. The van der Waals surface area contributed by atoms with Gasteiger partial charge in [-0.25, -0.2) is 29.6 Å². The molecule has 0 atom stereocenters. The number of unbranched alkanes of at least 4 members (excludes halogenated alkanes) is 12. The van der Waals surface area contributed by atoms with Gasteiger partial charge in [-0.05, 0) is 201 Å². The van der Waals surface area contributed by atoms with Crippen LogP contribution in [0.4, 0.5) is 10.3 Å². The van der Waals surface area contributed by atoms with Crippen molar-refractivity contribution in [1.29, 1.82) is 0 Å². The molecule has 0 aliphatic heterocycles. The van der Waals surface area contributed by atoms with Gasteiger partial charge >= 0.3 is 35.8 Å². The maximum absolute atomic E-state index is 14.7. The van der Waals surface area contributed by atoms with E-state index in [2.05, 4.69) is 27.0 Å². The van der Waals surface area contributed by atoms with Crippen molar-refractivity contribution in [2.75, 3.05) is 49.5 Å². The second-order valence-corrected chi connectivity index (χ2v) is 27.7. The van der Waals surface area contributed by atoms with E-state index in [0.29, 0.717) is 135 Å². The highest BCUT2D eigenvalue weighted by atomic mass is 32.1. The Morgan fingerprint density at radius 2 is 0.755 bits per heavy atom. The summed E-state index contributed by atoms with van der Waals surface area (Å²) in [6.07, 6.45) is 23.4. The summed E-state index contributed by atoms with van der Waals surface area (Å²) >= 11 is 3.05. The van der Waals surface area contributed by atoms with E-state index in [-0.39, 0.29) is 23.4 Å². The highest BCUT2D eigenvalue weighted by molar-refractivity contribution is 7.22. The number of nitrogens with zero attached hydrogens (tertiary/aromatic N) is 6. The number of anilines is 2. The zero-order valence-corrected chi connectivity index (χ0v) is 60.5. The van der Waals surface area contributed by atoms with Gasteiger partial charge < -0.3 is 37.9 Å². The minimum atomic E-state index is -0.551. The lowest BCUT2D eigenvalue weighted by Gasteiger charge is -2.27. The second-order valence-electron chi connectivity index (χ2n) is 25.7. The number of hydrogen-bond acceptors (Lipinski definition) is 22. The molecular weight excluding hydrogens is 1330 g/mol. The van der Waals surface area contributed by atoms with Crippen molar-refractivity contribution in [3.8, 4) is 34.5 Å². The summed E-state index contributed by atoms with van der Waals surface area (Å²) in [7, 11) is 0. The first-order valence-electron chi connectivity index (χ1n) is 36.3. The minimum absolute atomic E-state index is 0.169. The fourth-order valence-corrected chi connectivity index (χ4v) is 14.0. The van der Waals surface area contributed by atoms with Crippen LogP contribution in [-0.4, -0.2) is 97.7 Å². The number of carbonyl (C=O) groups excluding carboxylic acids is 6. The molecule has 2 aromatic heterocycles. The van der Waals surface area contributed by atoms with Crippen LogP contribution in [0.2, 0.25) is 0 Å². The highest BCUT2D eigenvalue weighted by Crippen LogP contribution is 2.38. The molecule has 542 valence electrons. The molecule has 0 spiro atoms. The number of fused-ring (bicyclic) bond motifs is 2. The lowest BCUT2D eigenvalue weighted by atomic mass is 9.82.